The Morgan fingerprint density at radius 2 is 2.15 bits per heavy atom. The molecular formula is C19H24ClN3O3. The third-order valence-corrected chi connectivity index (χ3v) is 4.67. The highest BCUT2D eigenvalue weighted by Gasteiger charge is 2.21. The van der Waals surface area contributed by atoms with Gasteiger partial charge in [-0.1, -0.05) is 11.6 Å². The lowest BCUT2D eigenvalue weighted by atomic mass is 10.1. The van der Waals surface area contributed by atoms with Crippen molar-refractivity contribution in [3.05, 3.63) is 47.4 Å². The molecule has 0 atom stereocenters. The normalized spacial score (nSPS) is 15.6. The first-order valence-electron chi connectivity index (χ1n) is 8.88. The molecule has 7 heteroatoms. The largest absolute Gasteiger partial charge is 0.492 e. The molecule has 2 amide bonds. The molecule has 0 aliphatic carbocycles. The van der Waals surface area contributed by atoms with E-state index in [9.17, 15) is 4.79 Å². The van der Waals surface area contributed by atoms with E-state index in [0.717, 1.165) is 38.2 Å². The molecule has 0 spiro atoms. The standard InChI is InChI=1S/C19H24ClN3O3/c1-2-25-18-6-5-15(12-17(18)20)22-19(24)21-14-7-9-23(10-8-14)13-16-4-3-11-26-16/h3-6,11-12,14H,2,7-10,13H2,1H3,(H2,21,22,24). The first kappa shape index (κ1) is 18.6. The number of carbonyl (C=O) groups excluding carboxylic acids is 1. The molecule has 2 heterocycles. The topological polar surface area (TPSA) is 66.7 Å². The maximum absolute atomic E-state index is 12.2. The molecule has 140 valence electrons. The molecule has 1 fully saturated rings. The number of hydrogen-bond acceptors (Lipinski definition) is 4. The number of piperidine rings is 1. The van der Waals surface area contributed by atoms with E-state index >= 15 is 0 Å². The molecule has 0 saturated carbocycles. The van der Waals surface area contributed by atoms with Gasteiger partial charge in [-0.3, -0.25) is 4.90 Å². The number of carbonyl (C=O) groups is 1. The van der Waals surface area contributed by atoms with Gasteiger partial charge in [-0.2, -0.15) is 0 Å². The summed E-state index contributed by atoms with van der Waals surface area (Å²) in [5.74, 6) is 1.59. The number of urea groups is 1. The van der Waals surface area contributed by atoms with E-state index < -0.39 is 0 Å². The zero-order chi connectivity index (χ0) is 18.4. The van der Waals surface area contributed by atoms with E-state index in [1.54, 1.807) is 24.5 Å². The summed E-state index contributed by atoms with van der Waals surface area (Å²) in [4.78, 5) is 14.5. The smallest absolute Gasteiger partial charge is 0.319 e. The third kappa shape index (κ3) is 5.16. The van der Waals surface area contributed by atoms with Crippen LogP contribution in [0.1, 0.15) is 25.5 Å². The van der Waals surface area contributed by atoms with E-state index in [2.05, 4.69) is 15.5 Å². The minimum Gasteiger partial charge on any atom is -0.492 e. The van der Waals surface area contributed by atoms with Gasteiger partial charge >= 0.3 is 6.03 Å². The van der Waals surface area contributed by atoms with E-state index in [1.807, 2.05) is 19.1 Å². The first-order valence-corrected chi connectivity index (χ1v) is 9.26. The fourth-order valence-corrected chi connectivity index (χ4v) is 3.30. The summed E-state index contributed by atoms with van der Waals surface area (Å²) >= 11 is 6.15. The van der Waals surface area contributed by atoms with Gasteiger partial charge in [0.15, 0.2) is 0 Å². The van der Waals surface area contributed by atoms with Crippen LogP contribution in [0.3, 0.4) is 0 Å². The van der Waals surface area contributed by atoms with Crippen LogP contribution in [0.2, 0.25) is 5.02 Å². The van der Waals surface area contributed by atoms with E-state index in [0.29, 0.717) is 23.1 Å². The maximum Gasteiger partial charge on any atom is 0.319 e. The van der Waals surface area contributed by atoms with Gasteiger partial charge in [-0.15, -0.1) is 0 Å². The Balaban J connectivity index is 1.43. The number of benzene rings is 1. The number of likely N-dealkylation sites (tertiary alicyclic amines) is 1. The quantitative estimate of drug-likeness (QED) is 0.794. The molecule has 2 aromatic rings. The van der Waals surface area contributed by atoms with Gasteiger partial charge in [-0.05, 0) is 50.1 Å². The SMILES string of the molecule is CCOc1ccc(NC(=O)NC2CCN(Cc3ccco3)CC2)cc1Cl. The summed E-state index contributed by atoms with van der Waals surface area (Å²) in [5.41, 5.74) is 0.645. The van der Waals surface area contributed by atoms with E-state index in [-0.39, 0.29) is 12.1 Å². The van der Waals surface area contributed by atoms with Crippen molar-refractivity contribution in [3.8, 4) is 5.75 Å². The van der Waals surface area contributed by atoms with Crippen molar-refractivity contribution in [2.45, 2.75) is 32.4 Å². The lowest BCUT2D eigenvalue weighted by molar-refractivity contribution is 0.179. The molecule has 1 aliphatic heterocycles. The number of halogens is 1. The first-order chi connectivity index (χ1) is 12.6. The summed E-state index contributed by atoms with van der Waals surface area (Å²) < 4.78 is 10.8. The van der Waals surface area contributed by atoms with Gasteiger partial charge in [0, 0.05) is 24.8 Å². The Hall–Kier alpha value is -2.18. The number of hydrogen-bond donors (Lipinski definition) is 2. The van der Waals surface area contributed by atoms with Gasteiger partial charge in [-0.25, -0.2) is 4.79 Å². The molecule has 1 aliphatic rings. The van der Waals surface area contributed by atoms with Crippen molar-refractivity contribution in [1.82, 2.24) is 10.2 Å². The Labute approximate surface area is 158 Å². The van der Waals surface area contributed by atoms with Crippen molar-refractivity contribution in [2.24, 2.45) is 0 Å². The zero-order valence-electron chi connectivity index (χ0n) is 14.8. The number of furan rings is 1. The second-order valence-corrected chi connectivity index (χ2v) is 6.71. The lowest BCUT2D eigenvalue weighted by Crippen LogP contribution is -2.45. The monoisotopic (exact) mass is 377 g/mol. The third-order valence-electron chi connectivity index (χ3n) is 4.37. The number of nitrogens with zero attached hydrogens (tertiary/aromatic N) is 1. The van der Waals surface area contributed by atoms with Crippen LogP contribution in [0, 0.1) is 0 Å². The van der Waals surface area contributed by atoms with Crippen LogP contribution in [0.4, 0.5) is 10.5 Å². The van der Waals surface area contributed by atoms with Gasteiger partial charge in [0.25, 0.3) is 0 Å². The van der Waals surface area contributed by atoms with Crippen LogP contribution in [-0.2, 0) is 6.54 Å². The highest BCUT2D eigenvalue weighted by Crippen LogP contribution is 2.27. The van der Waals surface area contributed by atoms with Crippen molar-refractivity contribution in [1.29, 1.82) is 0 Å². The lowest BCUT2D eigenvalue weighted by Gasteiger charge is -2.31. The maximum atomic E-state index is 12.2. The second-order valence-electron chi connectivity index (χ2n) is 6.31. The molecule has 1 saturated heterocycles. The number of amides is 2. The van der Waals surface area contributed by atoms with Crippen molar-refractivity contribution < 1.29 is 13.9 Å². The highest BCUT2D eigenvalue weighted by atomic mass is 35.5. The highest BCUT2D eigenvalue weighted by molar-refractivity contribution is 6.32. The summed E-state index contributed by atoms with van der Waals surface area (Å²) in [6.45, 7) is 5.12. The second kappa shape index (κ2) is 8.96. The molecule has 0 unspecified atom stereocenters. The Morgan fingerprint density at radius 3 is 2.81 bits per heavy atom. The zero-order valence-corrected chi connectivity index (χ0v) is 15.6. The molecule has 1 aromatic carbocycles. The molecule has 0 radical (unpaired) electrons. The van der Waals surface area contributed by atoms with Crippen molar-refractivity contribution in [2.75, 3.05) is 25.0 Å². The van der Waals surface area contributed by atoms with Gasteiger partial charge < -0.3 is 19.8 Å². The van der Waals surface area contributed by atoms with Gasteiger partial charge in [0.1, 0.15) is 11.5 Å². The molecular weight excluding hydrogens is 354 g/mol. The molecule has 26 heavy (non-hydrogen) atoms. The number of nitrogens with one attached hydrogen (secondary N) is 2. The van der Waals surface area contributed by atoms with Gasteiger partial charge in [0.05, 0.1) is 24.4 Å². The van der Waals surface area contributed by atoms with Crippen LogP contribution >= 0.6 is 11.6 Å². The van der Waals surface area contributed by atoms with Crippen molar-refractivity contribution in [3.63, 3.8) is 0 Å². The van der Waals surface area contributed by atoms with Crippen molar-refractivity contribution >= 4 is 23.3 Å². The van der Waals surface area contributed by atoms with E-state index in [4.69, 9.17) is 20.8 Å². The Morgan fingerprint density at radius 1 is 1.35 bits per heavy atom. The summed E-state index contributed by atoms with van der Waals surface area (Å²) in [6.07, 6.45) is 3.53. The minimum absolute atomic E-state index is 0.168. The van der Waals surface area contributed by atoms with E-state index in [1.165, 1.54) is 0 Å². The van der Waals surface area contributed by atoms with Crippen LogP contribution in [0.25, 0.3) is 0 Å². The Kier molecular flexibility index (Phi) is 6.41. The molecule has 3 rings (SSSR count). The van der Waals surface area contributed by atoms with Gasteiger partial charge in [0.2, 0.25) is 0 Å². The average molecular weight is 378 g/mol. The fourth-order valence-electron chi connectivity index (χ4n) is 3.06. The number of rotatable bonds is 6. The fraction of sp³-hybridized carbons (Fsp3) is 0.421. The molecule has 1 aromatic heterocycles. The number of ether oxygens (including phenoxy) is 1. The molecule has 2 N–H and O–H groups in total. The predicted octanol–water partition coefficient (Wildman–Crippen LogP) is 4.12. The molecule has 6 nitrogen and oxygen atoms in total. The Bertz CT molecular complexity index is 713. The van der Waals surface area contributed by atoms with Crippen LogP contribution < -0.4 is 15.4 Å². The molecule has 0 bridgehead atoms. The predicted molar refractivity (Wildman–Crippen MR) is 102 cm³/mol. The summed E-state index contributed by atoms with van der Waals surface area (Å²) in [7, 11) is 0. The van der Waals surface area contributed by atoms with Crippen LogP contribution in [0.5, 0.6) is 5.75 Å². The van der Waals surface area contributed by atoms with Crippen LogP contribution in [0.15, 0.2) is 41.0 Å². The summed E-state index contributed by atoms with van der Waals surface area (Å²) in [6, 6.07) is 9.08. The number of anilines is 1. The summed E-state index contributed by atoms with van der Waals surface area (Å²) in [5, 5.41) is 6.34. The average Bonchev–Trinajstić information content (AvgIpc) is 3.12. The minimum atomic E-state index is -0.213. The van der Waals surface area contributed by atoms with Crippen LogP contribution in [-0.4, -0.2) is 36.7 Å².